The lowest BCUT2D eigenvalue weighted by Gasteiger charge is -2.29. The van der Waals surface area contributed by atoms with E-state index in [9.17, 15) is 4.57 Å². The van der Waals surface area contributed by atoms with Gasteiger partial charge in [0.2, 0.25) is 0 Å². The van der Waals surface area contributed by atoms with Gasteiger partial charge < -0.3 is 9.05 Å². The van der Waals surface area contributed by atoms with Crippen LogP contribution in [0.1, 0.15) is 26.2 Å². The second-order valence-electron chi connectivity index (χ2n) is 4.22. The fraction of sp³-hybridized carbons (Fsp3) is 0.636. The predicted molar refractivity (Wildman–Crippen MR) is 60.0 cm³/mol. The third-order valence-electron chi connectivity index (χ3n) is 2.73. The molecule has 0 aromatic rings. The summed E-state index contributed by atoms with van der Waals surface area (Å²) in [5, 5.41) is 0. The van der Waals surface area contributed by atoms with Crippen molar-refractivity contribution < 1.29 is 13.6 Å². The molecular formula is C11H17O3P. The highest BCUT2D eigenvalue weighted by molar-refractivity contribution is 7.53. The minimum atomic E-state index is -2.80. The lowest BCUT2D eigenvalue weighted by molar-refractivity contribution is 0.106. The molecule has 84 valence electrons. The largest absolute Gasteiger partial charge is 0.328 e. The highest BCUT2D eigenvalue weighted by atomic mass is 31.2. The fourth-order valence-corrected chi connectivity index (χ4v) is 3.16. The summed E-state index contributed by atoms with van der Waals surface area (Å²) in [5.41, 5.74) is 2.54. The van der Waals surface area contributed by atoms with Crippen molar-refractivity contribution in [3.63, 3.8) is 0 Å². The molecule has 0 radical (unpaired) electrons. The molecule has 0 saturated carbocycles. The van der Waals surface area contributed by atoms with Crippen molar-refractivity contribution in [3.05, 3.63) is 23.3 Å². The molecule has 1 aliphatic heterocycles. The van der Waals surface area contributed by atoms with Crippen molar-refractivity contribution in [2.75, 3.05) is 13.3 Å². The summed E-state index contributed by atoms with van der Waals surface area (Å²) in [6, 6.07) is 0. The van der Waals surface area contributed by atoms with E-state index in [4.69, 9.17) is 9.05 Å². The number of rotatable bonds is 1. The topological polar surface area (TPSA) is 35.5 Å². The maximum atomic E-state index is 11.7. The van der Waals surface area contributed by atoms with Crippen molar-refractivity contribution in [2.45, 2.75) is 32.3 Å². The minimum Gasteiger partial charge on any atom is -0.309 e. The maximum Gasteiger partial charge on any atom is 0.328 e. The molecule has 0 spiro atoms. The van der Waals surface area contributed by atoms with Gasteiger partial charge in [0.15, 0.2) is 0 Å². The summed E-state index contributed by atoms with van der Waals surface area (Å²) < 4.78 is 22.3. The van der Waals surface area contributed by atoms with E-state index in [0.29, 0.717) is 6.61 Å². The summed E-state index contributed by atoms with van der Waals surface area (Å²) in [6.07, 6.45) is 7.28. The molecule has 15 heavy (non-hydrogen) atoms. The zero-order valence-electron chi connectivity index (χ0n) is 9.23. The third kappa shape index (κ3) is 2.81. The van der Waals surface area contributed by atoms with Crippen LogP contribution in [0, 0.1) is 0 Å². The Morgan fingerprint density at radius 3 is 3.00 bits per heavy atom. The van der Waals surface area contributed by atoms with Crippen LogP contribution in [0.4, 0.5) is 0 Å². The van der Waals surface area contributed by atoms with Crippen LogP contribution in [-0.4, -0.2) is 19.4 Å². The molecule has 0 aromatic heterocycles. The second kappa shape index (κ2) is 4.25. The van der Waals surface area contributed by atoms with Crippen molar-refractivity contribution >= 4 is 7.60 Å². The van der Waals surface area contributed by atoms with E-state index in [1.807, 2.05) is 0 Å². The van der Waals surface area contributed by atoms with Gasteiger partial charge in [-0.1, -0.05) is 17.7 Å². The Hall–Kier alpha value is -0.370. The van der Waals surface area contributed by atoms with E-state index < -0.39 is 7.60 Å². The lowest BCUT2D eigenvalue weighted by atomic mass is 9.96. The molecule has 2 rings (SSSR count). The summed E-state index contributed by atoms with van der Waals surface area (Å²) in [7, 11) is -2.80. The Balaban J connectivity index is 2.11. The molecule has 1 unspecified atom stereocenters. The second-order valence-corrected chi connectivity index (χ2v) is 6.23. The van der Waals surface area contributed by atoms with Gasteiger partial charge in [0.1, 0.15) is 0 Å². The summed E-state index contributed by atoms with van der Waals surface area (Å²) >= 11 is 0. The van der Waals surface area contributed by atoms with Gasteiger partial charge in [-0.2, -0.15) is 0 Å². The van der Waals surface area contributed by atoms with Crippen LogP contribution in [0.5, 0.6) is 0 Å². The Kier molecular flexibility index (Phi) is 3.15. The Bertz CT molecular complexity index is 357. The van der Waals surface area contributed by atoms with E-state index in [1.54, 1.807) is 6.66 Å². The van der Waals surface area contributed by atoms with Gasteiger partial charge in [-0.15, -0.1) is 0 Å². The average molecular weight is 228 g/mol. The van der Waals surface area contributed by atoms with Crippen LogP contribution in [-0.2, 0) is 13.6 Å². The predicted octanol–water partition coefficient (Wildman–Crippen LogP) is 3.28. The number of allylic oxidation sites excluding steroid dienone is 2. The Labute approximate surface area is 90.7 Å². The van der Waals surface area contributed by atoms with Crippen LogP contribution in [0.2, 0.25) is 0 Å². The molecule has 4 heteroatoms. The van der Waals surface area contributed by atoms with Gasteiger partial charge in [0.05, 0.1) is 12.7 Å². The molecular weight excluding hydrogens is 211 g/mol. The third-order valence-corrected chi connectivity index (χ3v) is 4.02. The molecule has 1 aliphatic carbocycles. The minimum absolute atomic E-state index is 0.0372. The quantitative estimate of drug-likeness (QED) is 0.646. The van der Waals surface area contributed by atoms with Crippen molar-refractivity contribution in [3.8, 4) is 0 Å². The monoisotopic (exact) mass is 228 g/mol. The molecule has 0 amide bonds. The molecule has 1 saturated heterocycles. The first-order chi connectivity index (χ1) is 7.07. The van der Waals surface area contributed by atoms with E-state index >= 15 is 0 Å². The van der Waals surface area contributed by atoms with Gasteiger partial charge in [-0.25, -0.2) is 0 Å². The smallest absolute Gasteiger partial charge is 0.309 e. The van der Waals surface area contributed by atoms with Crippen molar-refractivity contribution in [1.82, 2.24) is 0 Å². The highest BCUT2D eigenvalue weighted by Crippen LogP contribution is 2.50. The van der Waals surface area contributed by atoms with Crippen molar-refractivity contribution in [1.29, 1.82) is 0 Å². The summed E-state index contributed by atoms with van der Waals surface area (Å²) in [6.45, 7) is 4.19. The maximum absolute atomic E-state index is 11.7. The van der Waals surface area contributed by atoms with E-state index in [0.717, 1.165) is 19.3 Å². The van der Waals surface area contributed by atoms with Crippen LogP contribution in [0.15, 0.2) is 23.3 Å². The molecule has 1 heterocycles. The number of hydrogen-bond acceptors (Lipinski definition) is 3. The molecule has 1 fully saturated rings. The van der Waals surface area contributed by atoms with Crippen LogP contribution in [0.25, 0.3) is 0 Å². The zero-order valence-corrected chi connectivity index (χ0v) is 10.1. The SMILES string of the molecule is CC1=CC([C@@H]2CCOP(C)(=O)O2)=CCC1. The molecule has 0 N–H and O–H groups in total. The van der Waals surface area contributed by atoms with E-state index in [-0.39, 0.29) is 6.10 Å². The highest BCUT2D eigenvalue weighted by Gasteiger charge is 2.30. The first kappa shape index (κ1) is 11.1. The summed E-state index contributed by atoms with van der Waals surface area (Å²) in [5.74, 6) is 0. The van der Waals surface area contributed by atoms with Gasteiger partial charge in [-0.05, 0) is 25.3 Å². The molecule has 0 bridgehead atoms. The fourth-order valence-electron chi connectivity index (χ4n) is 1.97. The first-order valence-corrected chi connectivity index (χ1v) is 7.33. The number of hydrogen-bond donors (Lipinski definition) is 0. The van der Waals surface area contributed by atoms with Gasteiger partial charge in [0.25, 0.3) is 0 Å². The van der Waals surface area contributed by atoms with Gasteiger partial charge in [-0.3, -0.25) is 4.57 Å². The molecule has 2 aliphatic rings. The van der Waals surface area contributed by atoms with Crippen LogP contribution in [0.3, 0.4) is 0 Å². The molecule has 0 aromatic carbocycles. The van der Waals surface area contributed by atoms with Crippen LogP contribution < -0.4 is 0 Å². The molecule has 2 atom stereocenters. The lowest BCUT2D eigenvalue weighted by Crippen LogP contribution is -2.22. The average Bonchev–Trinajstić information content (AvgIpc) is 2.16. The van der Waals surface area contributed by atoms with Crippen molar-refractivity contribution in [2.24, 2.45) is 0 Å². The van der Waals surface area contributed by atoms with Gasteiger partial charge >= 0.3 is 7.60 Å². The van der Waals surface area contributed by atoms with Crippen LogP contribution >= 0.6 is 7.60 Å². The molecule has 3 nitrogen and oxygen atoms in total. The summed E-state index contributed by atoms with van der Waals surface area (Å²) in [4.78, 5) is 0. The zero-order chi connectivity index (χ0) is 10.9. The van der Waals surface area contributed by atoms with Gasteiger partial charge in [0, 0.05) is 13.1 Å². The normalized spacial score (nSPS) is 37.1. The Morgan fingerprint density at radius 2 is 2.33 bits per heavy atom. The first-order valence-electron chi connectivity index (χ1n) is 5.34. The Morgan fingerprint density at radius 1 is 1.53 bits per heavy atom. The van der Waals surface area contributed by atoms with E-state index in [2.05, 4.69) is 19.1 Å². The van der Waals surface area contributed by atoms with E-state index in [1.165, 1.54) is 11.1 Å². The standard InChI is InChI=1S/C11H17O3P/c1-9-4-3-5-10(8-9)11-6-7-13-15(2,12)14-11/h5,8,11H,3-4,6-7H2,1-2H3/t11-,15?/m0/s1.